The molecule has 0 bridgehead atoms. The second kappa shape index (κ2) is 8.68. The van der Waals surface area contributed by atoms with Crippen LogP contribution in [-0.4, -0.2) is 35.6 Å². The zero-order valence-electron chi connectivity index (χ0n) is 16.3. The first-order chi connectivity index (χ1) is 13.0. The Morgan fingerprint density at radius 1 is 1.19 bits per heavy atom. The molecule has 1 N–H and O–H groups in total. The lowest BCUT2D eigenvalue weighted by atomic mass is 9.92. The van der Waals surface area contributed by atoms with Crippen molar-refractivity contribution < 1.29 is 9.90 Å². The maximum Gasteiger partial charge on any atom is 0.332 e. The van der Waals surface area contributed by atoms with Gasteiger partial charge in [-0.3, -0.25) is 4.90 Å². The van der Waals surface area contributed by atoms with Crippen LogP contribution in [0.15, 0.2) is 47.4 Å². The summed E-state index contributed by atoms with van der Waals surface area (Å²) >= 11 is 1.79. The van der Waals surface area contributed by atoms with Gasteiger partial charge in [-0.05, 0) is 72.9 Å². The topological polar surface area (TPSA) is 40.5 Å². The highest BCUT2D eigenvalue weighted by Gasteiger charge is 2.17. The van der Waals surface area contributed by atoms with Crippen molar-refractivity contribution >= 4 is 22.9 Å². The van der Waals surface area contributed by atoms with Crippen LogP contribution in [0.5, 0.6) is 0 Å². The number of hydrogen-bond donors (Lipinski definition) is 1. The summed E-state index contributed by atoms with van der Waals surface area (Å²) < 4.78 is 0. The molecule has 0 aliphatic carbocycles. The number of carboxylic acids is 1. The molecule has 0 spiro atoms. The third-order valence-corrected chi connectivity index (χ3v) is 6.21. The molecule has 142 valence electrons. The van der Waals surface area contributed by atoms with Crippen molar-refractivity contribution in [3.8, 4) is 0 Å². The van der Waals surface area contributed by atoms with Crippen molar-refractivity contribution in [1.82, 2.24) is 4.90 Å². The summed E-state index contributed by atoms with van der Waals surface area (Å²) in [6.45, 7) is 8.87. The lowest BCUT2D eigenvalue weighted by Crippen LogP contribution is -2.32. The third-order valence-electron chi connectivity index (χ3n) is 5.16. The number of carboxylic acid groups (broad SMARTS) is 1. The number of nitrogens with zero attached hydrogens (tertiary/aromatic N) is 1. The lowest BCUT2D eigenvalue weighted by Gasteiger charge is -2.25. The molecule has 0 amide bonds. The summed E-state index contributed by atoms with van der Waals surface area (Å²) in [4.78, 5) is 14.8. The minimum Gasteiger partial charge on any atom is -0.478 e. The number of hydrogen-bond acceptors (Lipinski definition) is 3. The fraction of sp³-hybridized carbons (Fsp3) is 0.348. The van der Waals surface area contributed by atoms with E-state index in [-0.39, 0.29) is 0 Å². The molecule has 0 unspecified atom stereocenters. The molecule has 0 saturated heterocycles. The Balaban J connectivity index is 1.83. The van der Waals surface area contributed by atoms with Crippen LogP contribution in [0.25, 0.3) is 5.57 Å². The maximum absolute atomic E-state index is 11.2. The first-order valence-electron chi connectivity index (χ1n) is 9.43. The normalized spacial score (nSPS) is 15.7. The van der Waals surface area contributed by atoms with Crippen molar-refractivity contribution in [2.24, 2.45) is 0 Å². The van der Waals surface area contributed by atoms with Gasteiger partial charge in [0.1, 0.15) is 0 Å². The second-order valence-electron chi connectivity index (χ2n) is 7.21. The Morgan fingerprint density at radius 3 is 2.56 bits per heavy atom. The summed E-state index contributed by atoms with van der Waals surface area (Å²) in [5, 5.41) is 11.4. The van der Waals surface area contributed by atoms with Gasteiger partial charge in [0.05, 0.1) is 0 Å². The van der Waals surface area contributed by atoms with E-state index in [1.54, 1.807) is 11.3 Å². The highest BCUT2D eigenvalue weighted by Crippen LogP contribution is 2.34. The standard InChI is InChI=1S/C23H27NO2S/c1-16-7-4-8-17(2)21(16)20(22-18(3)11-14-27-22)10-6-13-24-12-5-9-19(15-24)23(25)26/h4,7-11,14H,5-6,12-13,15H2,1-3H3,(H,25,26). The molecular formula is C23H27NO2S. The van der Waals surface area contributed by atoms with Gasteiger partial charge in [0.2, 0.25) is 0 Å². The molecule has 4 heteroatoms. The number of rotatable bonds is 6. The maximum atomic E-state index is 11.2. The monoisotopic (exact) mass is 381 g/mol. The molecule has 3 rings (SSSR count). The molecule has 2 heterocycles. The number of carbonyl (C=O) groups is 1. The van der Waals surface area contributed by atoms with Gasteiger partial charge in [0, 0.05) is 30.1 Å². The average molecular weight is 382 g/mol. The fourth-order valence-electron chi connectivity index (χ4n) is 3.74. The van der Waals surface area contributed by atoms with Crippen molar-refractivity contribution in [3.05, 3.63) is 74.5 Å². The van der Waals surface area contributed by atoms with Crippen LogP contribution in [0.1, 0.15) is 40.0 Å². The van der Waals surface area contributed by atoms with Crippen LogP contribution in [0.4, 0.5) is 0 Å². The largest absolute Gasteiger partial charge is 0.478 e. The van der Waals surface area contributed by atoms with Crippen LogP contribution in [0.2, 0.25) is 0 Å². The van der Waals surface area contributed by atoms with Crippen molar-refractivity contribution in [2.45, 2.75) is 33.6 Å². The molecule has 1 aliphatic rings. The zero-order chi connectivity index (χ0) is 19.4. The number of benzene rings is 1. The van der Waals surface area contributed by atoms with E-state index in [2.05, 4.69) is 61.4 Å². The summed E-state index contributed by atoms with van der Waals surface area (Å²) in [7, 11) is 0. The lowest BCUT2D eigenvalue weighted by molar-refractivity contribution is -0.133. The molecule has 0 saturated carbocycles. The number of aryl methyl sites for hydroxylation is 3. The second-order valence-corrected chi connectivity index (χ2v) is 8.12. The summed E-state index contributed by atoms with van der Waals surface area (Å²) in [6.07, 6.45) is 5.92. The number of aliphatic carboxylic acids is 1. The third kappa shape index (κ3) is 4.57. The van der Waals surface area contributed by atoms with Gasteiger partial charge in [0.25, 0.3) is 0 Å². The van der Waals surface area contributed by atoms with Gasteiger partial charge in [-0.15, -0.1) is 11.3 Å². The Kier molecular flexibility index (Phi) is 6.30. The van der Waals surface area contributed by atoms with Crippen LogP contribution < -0.4 is 0 Å². The molecule has 3 nitrogen and oxygen atoms in total. The van der Waals surface area contributed by atoms with Crippen molar-refractivity contribution in [3.63, 3.8) is 0 Å². The van der Waals surface area contributed by atoms with Gasteiger partial charge in [0.15, 0.2) is 0 Å². The van der Waals surface area contributed by atoms with Crippen LogP contribution >= 0.6 is 11.3 Å². The zero-order valence-corrected chi connectivity index (χ0v) is 17.1. The highest BCUT2D eigenvalue weighted by molar-refractivity contribution is 7.11. The molecule has 0 radical (unpaired) electrons. The van der Waals surface area contributed by atoms with E-state index in [0.29, 0.717) is 12.1 Å². The molecule has 1 aromatic carbocycles. The molecule has 0 fully saturated rings. The van der Waals surface area contributed by atoms with Crippen LogP contribution in [-0.2, 0) is 4.79 Å². The minimum absolute atomic E-state index is 0.523. The first kappa shape index (κ1) is 19.6. The van der Waals surface area contributed by atoms with E-state index >= 15 is 0 Å². The van der Waals surface area contributed by atoms with Gasteiger partial charge in [-0.1, -0.05) is 30.4 Å². The van der Waals surface area contributed by atoms with Gasteiger partial charge in [-0.2, -0.15) is 0 Å². The van der Waals surface area contributed by atoms with E-state index in [4.69, 9.17) is 0 Å². The average Bonchev–Trinajstić information content (AvgIpc) is 3.06. The Hall–Kier alpha value is -2.17. The van der Waals surface area contributed by atoms with E-state index in [9.17, 15) is 9.90 Å². The van der Waals surface area contributed by atoms with Crippen molar-refractivity contribution in [1.29, 1.82) is 0 Å². The van der Waals surface area contributed by atoms with Gasteiger partial charge in [-0.25, -0.2) is 4.79 Å². The smallest absolute Gasteiger partial charge is 0.332 e. The van der Waals surface area contributed by atoms with Gasteiger partial charge >= 0.3 is 5.97 Å². The highest BCUT2D eigenvalue weighted by atomic mass is 32.1. The van der Waals surface area contributed by atoms with E-state index in [0.717, 1.165) is 25.9 Å². The van der Waals surface area contributed by atoms with E-state index in [1.165, 1.54) is 32.7 Å². The Labute approximate surface area is 165 Å². The predicted molar refractivity (Wildman–Crippen MR) is 113 cm³/mol. The fourth-order valence-corrected chi connectivity index (χ4v) is 4.71. The van der Waals surface area contributed by atoms with E-state index in [1.807, 2.05) is 6.08 Å². The number of thiophene rings is 1. The molecule has 27 heavy (non-hydrogen) atoms. The quantitative estimate of drug-likeness (QED) is 0.746. The summed E-state index contributed by atoms with van der Waals surface area (Å²) in [6, 6.07) is 8.64. The summed E-state index contributed by atoms with van der Waals surface area (Å²) in [5.74, 6) is -0.791. The minimum atomic E-state index is -0.791. The van der Waals surface area contributed by atoms with Crippen LogP contribution in [0.3, 0.4) is 0 Å². The SMILES string of the molecule is Cc1ccsc1C(=CCCN1CCC=C(C(=O)O)C1)c1c(C)cccc1C. The predicted octanol–water partition coefficient (Wildman–Crippen LogP) is 5.21. The van der Waals surface area contributed by atoms with Crippen LogP contribution in [0, 0.1) is 20.8 Å². The molecule has 2 aromatic rings. The molecule has 1 aromatic heterocycles. The van der Waals surface area contributed by atoms with Gasteiger partial charge < -0.3 is 5.11 Å². The van der Waals surface area contributed by atoms with E-state index < -0.39 is 5.97 Å². The van der Waals surface area contributed by atoms with Crippen molar-refractivity contribution in [2.75, 3.05) is 19.6 Å². The molecule has 1 aliphatic heterocycles. The Bertz CT molecular complexity index is 871. The molecular weight excluding hydrogens is 354 g/mol. The first-order valence-corrected chi connectivity index (χ1v) is 10.3. The molecule has 0 atom stereocenters. The summed E-state index contributed by atoms with van der Waals surface area (Å²) in [5.41, 5.74) is 7.06. The Morgan fingerprint density at radius 2 is 1.93 bits per heavy atom.